The zero-order valence-corrected chi connectivity index (χ0v) is 10.7. The van der Waals surface area contributed by atoms with Crippen LogP contribution in [0.4, 0.5) is 0 Å². The van der Waals surface area contributed by atoms with Gasteiger partial charge in [0.05, 0.1) is 5.92 Å². The molecule has 1 saturated heterocycles. The minimum absolute atomic E-state index is 0.0388. The van der Waals surface area contributed by atoms with E-state index in [2.05, 4.69) is 15.0 Å². The molecule has 1 aliphatic heterocycles. The third kappa shape index (κ3) is 3.31. The van der Waals surface area contributed by atoms with Gasteiger partial charge in [0.2, 0.25) is 5.91 Å². The fourth-order valence-electron chi connectivity index (χ4n) is 2.20. The first-order chi connectivity index (χ1) is 9.22. The molecule has 0 aromatic carbocycles. The third-order valence-electron chi connectivity index (χ3n) is 3.18. The molecule has 0 spiro atoms. The Morgan fingerprint density at radius 2 is 2.42 bits per heavy atom. The van der Waals surface area contributed by atoms with Crippen LogP contribution >= 0.6 is 0 Å². The van der Waals surface area contributed by atoms with Crippen LogP contribution in [0, 0.1) is 5.92 Å². The Morgan fingerprint density at radius 3 is 3.11 bits per heavy atom. The predicted molar refractivity (Wildman–Crippen MR) is 67.2 cm³/mol. The summed E-state index contributed by atoms with van der Waals surface area (Å²) in [5, 5.41) is 6.39. The van der Waals surface area contributed by atoms with Crippen molar-refractivity contribution in [3.63, 3.8) is 0 Å². The summed E-state index contributed by atoms with van der Waals surface area (Å²) in [4.78, 5) is 25.6. The maximum atomic E-state index is 12.1. The highest BCUT2D eigenvalue weighted by Gasteiger charge is 2.29. The number of likely N-dealkylation sites (tertiary alicyclic amines) is 1. The number of hydrogen-bond acceptors (Lipinski definition) is 5. The van der Waals surface area contributed by atoms with Gasteiger partial charge in [-0.3, -0.25) is 9.59 Å². The van der Waals surface area contributed by atoms with Crippen molar-refractivity contribution >= 4 is 11.8 Å². The maximum absolute atomic E-state index is 12.1. The molecule has 1 aromatic rings. The molecule has 7 heteroatoms. The molecule has 1 atom stereocenters. The van der Waals surface area contributed by atoms with E-state index in [0.29, 0.717) is 26.2 Å². The van der Waals surface area contributed by atoms with E-state index < -0.39 is 0 Å². The van der Waals surface area contributed by atoms with Crippen molar-refractivity contribution in [2.75, 3.05) is 26.2 Å². The molecule has 1 unspecified atom stereocenters. The molecule has 0 aliphatic carbocycles. The van der Waals surface area contributed by atoms with E-state index in [0.717, 1.165) is 12.8 Å². The number of rotatable bonds is 4. The zero-order valence-electron chi connectivity index (χ0n) is 10.7. The number of piperidine rings is 1. The number of carbonyl (C=O) groups is 2. The molecule has 3 N–H and O–H groups in total. The van der Waals surface area contributed by atoms with Gasteiger partial charge in [0.1, 0.15) is 6.26 Å². The Balaban J connectivity index is 1.93. The molecule has 0 bridgehead atoms. The van der Waals surface area contributed by atoms with Crippen LogP contribution in [0.25, 0.3) is 0 Å². The van der Waals surface area contributed by atoms with Gasteiger partial charge in [0, 0.05) is 32.2 Å². The van der Waals surface area contributed by atoms with Crippen molar-refractivity contribution in [1.82, 2.24) is 15.4 Å². The highest BCUT2D eigenvalue weighted by Crippen LogP contribution is 2.18. The van der Waals surface area contributed by atoms with E-state index in [1.165, 1.54) is 12.3 Å². The fraction of sp³-hybridized carbons (Fsp3) is 0.583. The van der Waals surface area contributed by atoms with Gasteiger partial charge in [-0.15, -0.1) is 0 Å². The van der Waals surface area contributed by atoms with Crippen LogP contribution in [0.3, 0.4) is 0 Å². The molecule has 7 nitrogen and oxygen atoms in total. The molecule has 2 heterocycles. The van der Waals surface area contributed by atoms with Crippen LogP contribution in [0.2, 0.25) is 0 Å². The normalized spacial score (nSPS) is 19.2. The number of amides is 2. The average Bonchev–Trinajstić information content (AvgIpc) is 2.98. The van der Waals surface area contributed by atoms with Gasteiger partial charge < -0.3 is 20.5 Å². The summed E-state index contributed by atoms with van der Waals surface area (Å²) in [5.41, 5.74) is 5.63. The Labute approximate surface area is 111 Å². The number of aromatic nitrogens is 1. The number of nitrogens with zero attached hydrogens (tertiary/aromatic N) is 2. The SMILES string of the molecule is NCCNC(=O)C1CCCN(C(=O)c2ccon2)C1. The lowest BCUT2D eigenvalue weighted by atomic mass is 9.97. The lowest BCUT2D eigenvalue weighted by Gasteiger charge is -2.31. The molecule has 104 valence electrons. The summed E-state index contributed by atoms with van der Waals surface area (Å²) in [7, 11) is 0. The smallest absolute Gasteiger partial charge is 0.276 e. The molecule has 19 heavy (non-hydrogen) atoms. The molecular weight excluding hydrogens is 248 g/mol. The molecule has 1 aliphatic rings. The molecule has 1 fully saturated rings. The number of nitrogens with two attached hydrogens (primary N) is 1. The quantitative estimate of drug-likeness (QED) is 0.772. The van der Waals surface area contributed by atoms with Crippen LogP contribution in [-0.4, -0.2) is 48.0 Å². The second-order valence-electron chi connectivity index (χ2n) is 4.55. The van der Waals surface area contributed by atoms with Gasteiger partial charge in [-0.2, -0.15) is 0 Å². The Hall–Kier alpha value is -1.89. The van der Waals surface area contributed by atoms with Crippen LogP contribution in [-0.2, 0) is 4.79 Å². The summed E-state index contributed by atoms with van der Waals surface area (Å²) in [5.74, 6) is -0.399. The van der Waals surface area contributed by atoms with Gasteiger partial charge >= 0.3 is 0 Å². The molecular formula is C12H18N4O3. The van der Waals surface area contributed by atoms with E-state index in [1.54, 1.807) is 4.90 Å². The van der Waals surface area contributed by atoms with Crippen LogP contribution < -0.4 is 11.1 Å². The van der Waals surface area contributed by atoms with Crippen molar-refractivity contribution in [3.05, 3.63) is 18.0 Å². The summed E-state index contributed by atoms with van der Waals surface area (Å²) in [6.07, 6.45) is 2.96. The van der Waals surface area contributed by atoms with Crippen LogP contribution in [0.15, 0.2) is 16.9 Å². The summed E-state index contributed by atoms with van der Waals surface area (Å²) in [6.45, 7) is 1.95. The van der Waals surface area contributed by atoms with Crippen molar-refractivity contribution < 1.29 is 14.1 Å². The largest absolute Gasteiger partial charge is 0.364 e. The lowest BCUT2D eigenvalue weighted by Crippen LogP contribution is -2.46. The van der Waals surface area contributed by atoms with E-state index >= 15 is 0 Å². The van der Waals surface area contributed by atoms with Crippen molar-refractivity contribution in [3.8, 4) is 0 Å². The highest BCUT2D eigenvalue weighted by atomic mass is 16.5. The summed E-state index contributed by atoms with van der Waals surface area (Å²) >= 11 is 0. The van der Waals surface area contributed by atoms with E-state index in [4.69, 9.17) is 5.73 Å². The molecule has 2 amide bonds. The Kier molecular flexibility index (Phi) is 4.51. The summed E-state index contributed by atoms with van der Waals surface area (Å²) in [6, 6.07) is 1.53. The first-order valence-corrected chi connectivity index (χ1v) is 6.40. The van der Waals surface area contributed by atoms with Gasteiger partial charge in [0.15, 0.2) is 5.69 Å². The number of nitrogens with one attached hydrogen (secondary N) is 1. The van der Waals surface area contributed by atoms with Gasteiger partial charge in [-0.25, -0.2) is 0 Å². The first-order valence-electron chi connectivity index (χ1n) is 6.40. The minimum atomic E-state index is -0.190. The second-order valence-corrected chi connectivity index (χ2v) is 4.55. The first kappa shape index (κ1) is 13.5. The van der Waals surface area contributed by atoms with Crippen LogP contribution in [0.1, 0.15) is 23.3 Å². The highest BCUT2D eigenvalue weighted by molar-refractivity contribution is 5.92. The lowest BCUT2D eigenvalue weighted by molar-refractivity contribution is -0.126. The minimum Gasteiger partial charge on any atom is -0.364 e. The van der Waals surface area contributed by atoms with Crippen molar-refractivity contribution in [1.29, 1.82) is 0 Å². The van der Waals surface area contributed by atoms with Crippen LogP contribution in [0.5, 0.6) is 0 Å². The average molecular weight is 266 g/mol. The van der Waals surface area contributed by atoms with E-state index in [-0.39, 0.29) is 23.4 Å². The van der Waals surface area contributed by atoms with Crippen molar-refractivity contribution in [2.45, 2.75) is 12.8 Å². The summed E-state index contributed by atoms with van der Waals surface area (Å²) < 4.78 is 4.66. The van der Waals surface area contributed by atoms with E-state index in [9.17, 15) is 9.59 Å². The topological polar surface area (TPSA) is 101 Å². The van der Waals surface area contributed by atoms with Crippen molar-refractivity contribution in [2.24, 2.45) is 11.7 Å². The van der Waals surface area contributed by atoms with Gasteiger partial charge in [0.25, 0.3) is 5.91 Å². The van der Waals surface area contributed by atoms with Gasteiger partial charge in [-0.1, -0.05) is 5.16 Å². The second kappa shape index (κ2) is 6.33. The predicted octanol–water partition coefficient (Wildman–Crippen LogP) is -0.398. The molecule has 0 radical (unpaired) electrons. The standard InChI is InChI=1S/C12H18N4O3/c13-4-5-14-11(17)9-2-1-6-16(8-9)12(18)10-3-7-19-15-10/h3,7,9H,1-2,4-6,8,13H2,(H,14,17). The maximum Gasteiger partial charge on any atom is 0.276 e. The number of hydrogen-bond donors (Lipinski definition) is 2. The van der Waals surface area contributed by atoms with Gasteiger partial charge in [-0.05, 0) is 12.8 Å². The third-order valence-corrected chi connectivity index (χ3v) is 3.18. The van der Waals surface area contributed by atoms with E-state index in [1.807, 2.05) is 0 Å². The Morgan fingerprint density at radius 1 is 1.58 bits per heavy atom. The number of carbonyl (C=O) groups excluding carboxylic acids is 2. The Bertz CT molecular complexity index is 432. The molecule has 2 rings (SSSR count). The zero-order chi connectivity index (χ0) is 13.7. The molecule has 0 saturated carbocycles. The monoisotopic (exact) mass is 266 g/mol. The fourth-order valence-corrected chi connectivity index (χ4v) is 2.20. The molecule has 1 aromatic heterocycles.